The molecule has 2 unspecified atom stereocenters. The normalized spacial score (nSPS) is 20.9. The molecular weight excluding hydrogens is 268 g/mol. The zero-order chi connectivity index (χ0) is 13.8. The molecule has 1 aliphatic heterocycles. The number of carbonyl (C=O) groups excluding carboxylic acids is 1. The Hall–Kier alpha value is -1.60. The van der Waals surface area contributed by atoms with Gasteiger partial charge in [0.25, 0.3) is 0 Å². The molecule has 2 amide bonds. The molecule has 2 atom stereocenters. The van der Waals surface area contributed by atoms with Gasteiger partial charge in [-0.2, -0.15) is 0 Å². The molecule has 7 heteroatoms. The summed E-state index contributed by atoms with van der Waals surface area (Å²) < 4.78 is 5.35. The lowest BCUT2D eigenvalue weighted by Gasteiger charge is -2.31. The van der Waals surface area contributed by atoms with Crippen LogP contribution in [0.3, 0.4) is 0 Å². The fourth-order valence-corrected chi connectivity index (χ4v) is 2.69. The van der Waals surface area contributed by atoms with Crippen molar-refractivity contribution in [3.8, 4) is 0 Å². The molecule has 0 aliphatic carbocycles. The summed E-state index contributed by atoms with van der Waals surface area (Å²) in [5, 5.41) is 13.5. The SMILES string of the molecule is CC1CN(C(=O)NC(C(=O)O)c2cccs2)CCO1. The molecule has 0 aromatic carbocycles. The van der Waals surface area contributed by atoms with Gasteiger partial charge in [-0.1, -0.05) is 6.07 Å². The third kappa shape index (κ3) is 3.45. The van der Waals surface area contributed by atoms with Crippen LogP contribution in [0, 0.1) is 0 Å². The van der Waals surface area contributed by atoms with Crippen LogP contribution in [0.2, 0.25) is 0 Å². The lowest BCUT2D eigenvalue weighted by Crippen LogP contribution is -2.50. The number of carbonyl (C=O) groups is 2. The molecule has 104 valence electrons. The summed E-state index contributed by atoms with van der Waals surface area (Å²) in [6.45, 7) is 3.31. The Morgan fingerprint density at radius 3 is 3.00 bits per heavy atom. The lowest BCUT2D eigenvalue weighted by atomic mass is 10.2. The first kappa shape index (κ1) is 13.8. The van der Waals surface area contributed by atoms with Crippen molar-refractivity contribution < 1.29 is 19.4 Å². The lowest BCUT2D eigenvalue weighted by molar-refractivity contribution is -0.139. The highest BCUT2D eigenvalue weighted by Gasteiger charge is 2.27. The molecule has 0 saturated carbocycles. The van der Waals surface area contributed by atoms with Crippen molar-refractivity contribution in [2.75, 3.05) is 19.7 Å². The van der Waals surface area contributed by atoms with Crippen LogP contribution in [-0.2, 0) is 9.53 Å². The summed E-state index contributed by atoms with van der Waals surface area (Å²) >= 11 is 1.31. The Bertz CT molecular complexity index is 449. The summed E-state index contributed by atoms with van der Waals surface area (Å²) in [6.07, 6.45) is -0.0236. The number of morpholine rings is 1. The maximum Gasteiger partial charge on any atom is 0.331 e. The topological polar surface area (TPSA) is 78.9 Å². The molecular formula is C12H16N2O4S. The minimum Gasteiger partial charge on any atom is -0.479 e. The van der Waals surface area contributed by atoms with Crippen LogP contribution >= 0.6 is 11.3 Å². The summed E-state index contributed by atoms with van der Waals surface area (Å²) in [6, 6.07) is 2.10. The monoisotopic (exact) mass is 284 g/mol. The van der Waals surface area contributed by atoms with E-state index in [0.29, 0.717) is 24.6 Å². The van der Waals surface area contributed by atoms with Crippen molar-refractivity contribution in [3.63, 3.8) is 0 Å². The van der Waals surface area contributed by atoms with E-state index in [1.54, 1.807) is 22.4 Å². The number of rotatable bonds is 3. The van der Waals surface area contributed by atoms with Crippen LogP contribution in [0.1, 0.15) is 17.8 Å². The quantitative estimate of drug-likeness (QED) is 0.877. The number of urea groups is 1. The Morgan fingerprint density at radius 1 is 1.63 bits per heavy atom. The minimum atomic E-state index is -1.06. The van der Waals surface area contributed by atoms with E-state index in [2.05, 4.69) is 5.32 Å². The van der Waals surface area contributed by atoms with Crippen LogP contribution in [0.15, 0.2) is 17.5 Å². The fraction of sp³-hybridized carbons (Fsp3) is 0.500. The highest BCUT2D eigenvalue weighted by atomic mass is 32.1. The molecule has 2 rings (SSSR count). The Morgan fingerprint density at radius 2 is 2.42 bits per heavy atom. The number of aliphatic carboxylic acids is 1. The summed E-state index contributed by atoms with van der Waals surface area (Å²) in [5.41, 5.74) is 0. The van der Waals surface area contributed by atoms with E-state index in [9.17, 15) is 14.7 Å². The highest BCUT2D eigenvalue weighted by molar-refractivity contribution is 7.10. The van der Waals surface area contributed by atoms with Crippen LogP contribution in [0.25, 0.3) is 0 Å². The van der Waals surface area contributed by atoms with E-state index in [1.165, 1.54) is 11.3 Å². The van der Waals surface area contributed by atoms with E-state index in [4.69, 9.17) is 4.74 Å². The molecule has 1 aromatic heterocycles. The number of amides is 2. The van der Waals surface area contributed by atoms with Crippen LogP contribution in [0.5, 0.6) is 0 Å². The fourth-order valence-electron chi connectivity index (χ4n) is 1.93. The predicted octanol–water partition coefficient (Wildman–Crippen LogP) is 1.30. The van der Waals surface area contributed by atoms with Crippen molar-refractivity contribution in [2.45, 2.75) is 19.1 Å². The van der Waals surface area contributed by atoms with Gasteiger partial charge >= 0.3 is 12.0 Å². The summed E-state index contributed by atoms with van der Waals surface area (Å²) in [5.74, 6) is -1.06. The number of nitrogens with zero attached hydrogens (tertiary/aromatic N) is 1. The first-order valence-electron chi connectivity index (χ1n) is 6.01. The van der Waals surface area contributed by atoms with Crippen molar-refractivity contribution in [3.05, 3.63) is 22.4 Å². The van der Waals surface area contributed by atoms with Gasteiger partial charge in [0.15, 0.2) is 6.04 Å². The van der Waals surface area contributed by atoms with E-state index < -0.39 is 12.0 Å². The van der Waals surface area contributed by atoms with Crippen molar-refractivity contribution in [1.29, 1.82) is 0 Å². The highest BCUT2D eigenvalue weighted by Crippen LogP contribution is 2.19. The average Bonchev–Trinajstić information content (AvgIpc) is 2.88. The molecule has 2 heterocycles. The summed E-state index contributed by atoms with van der Waals surface area (Å²) in [7, 11) is 0. The Balaban J connectivity index is 2.01. The number of carboxylic acid groups (broad SMARTS) is 1. The van der Waals surface area contributed by atoms with E-state index >= 15 is 0 Å². The molecule has 19 heavy (non-hydrogen) atoms. The van der Waals surface area contributed by atoms with Crippen molar-refractivity contribution in [2.24, 2.45) is 0 Å². The average molecular weight is 284 g/mol. The summed E-state index contributed by atoms with van der Waals surface area (Å²) in [4.78, 5) is 25.5. The van der Waals surface area contributed by atoms with Gasteiger partial charge < -0.3 is 20.1 Å². The van der Waals surface area contributed by atoms with Gasteiger partial charge in [-0.15, -0.1) is 11.3 Å². The van der Waals surface area contributed by atoms with Crippen LogP contribution < -0.4 is 5.32 Å². The number of hydrogen-bond donors (Lipinski definition) is 2. The molecule has 1 aliphatic rings. The maximum atomic E-state index is 12.1. The third-order valence-electron chi connectivity index (χ3n) is 2.87. The zero-order valence-corrected chi connectivity index (χ0v) is 11.4. The Labute approximate surface area is 115 Å². The van der Waals surface area contributed by atoms with Crippen LogP contribution in [-0.4, -0.2) is 47.8 Å². The molecule has 0 spiro atoms. The Kier molecular flexibility index (Phi) is 4.39. The molecule has 0 radical (unpaired) electrons. The number of thiophene rings is 1. The number of hydrogen-bond acceptors (Lipinski definition) is 4. The molecule has 1 fully saturated rings. The van der Waals surface area contributed by atoms with E-state index in [-0.39, 0.29) is 12.1 Å². The van der Waals surface area contributed by atoms with Gasteiger partial charge in [0.05, 0.1) is 12.7 Å². The predicted molar refractivity (Wildman–Crippen MR) is 70.2 cm³/mol. The second-order valence-electron chi connectivity index (χ2n) is 4.36. The van der Waals surface area contributed by atoms with E-state index in [1.807, 2.05) is 6.92 Å². The largest absolute Gasteiger partial charge is 0.479 e. The second-order valence-corrected chi connectivity index (χ2v) is 5.34. The molecule has 2 N–H and O–H groups in total. The zero-order valence-electron chi connectivity index (χ0n) is 10.5. The molecule has 0 bridgehead atoms. The van der Waals surface area contributed by atoms with E-state index in [0.717, 1.165) is 0 Å². The maximum absolute atomic E-state index is 12.1. The standard InChI is InChI=1S/C12H16N2O4S/c1-8-7-14(4-5-18-8)12(17)13-10(11(15)16)9-3-2-6-19-9/h2-3,6,8,10H,4-5,7H2,1H3,(H,13,17)(H,15,16). The van der Waals surface area contributed by atoms with Gasteiger partial charge in [0, 0.05) is 18.0 Å². The molecule has 1 aromatic rings. The van der Waals surface area contributed by atoms with Gasteiger partial charge in [-0.3, -0.25) is 0 Å². The molecule has 1 saturated heterocycles. The number of carboxylic acids is 1. The minimum absolute atomic E-state index is 0.0236. The van der Waals surface area contributed by atoms with Crippen molar-refractivity contribution in [1.82, 2.24) is 10.2 Å². The first-order chi connectivity index (χ1) is 9.08. The van der Waals surface area contributed by atoms with Gasteiger partial charge in [0.1, 0.15) is 0 Å². The molecule has 6 nitrogen and oxygen atoms in total. The smallest absolute Gasteiger partial charge is 0.331 e. The number of ether oxygens (including phenoxy) is 1. The second kappa shape index (κ2) is 6.03. The van der Waals surface area contributed by atoms with Crippen molar-refractivity contribution >= 4 is 23.3 Å². The van der Waals surface area contributed by atoms with Crippen LogP contribution in [0.4, 0.5) is 4.79 Å². The first-order valence-corrected chi connectivity index (χ1v) is 6.89. The van der Waals surface area contributed by atoms with Gasteiger partial charge in [-0.05, 0) is 18.4 Å². The number of nitrogens with one attached hydrogen (secondary N) is 1. The third-order valence-corrected chi connectivity index (χ3v) is 3.81. The van der Waals surface area contributed by atoms with Gasteiger partial charge in [-0.25, -0.2) is 9.59 Å². The van der Waals surface area contributed by atoms with Gasteiger partial charge in [0.2, 0.25) is 0 Å².